The monoisotopic (exact) mass is 382 g/mol. The molecule has 0 spiro atoms. The molecule has 3 atom stereocenters. The molecule has 1 saturated carbocycles. The first-order valence-corrected chi connectivity index (χ1v) is 11.3. The molecule has 1 aliphatic carbocycles. The van der Waals surface area contributed by atoms with E-state index in [1.54, 1.807) is 0 Å². The van der Waals surface area contributed by atoms with Gasteiger partial charge in [0.1, 0.15) is 0 Å². The van der Waals surface area contributed by atoms with Crippen LogP contribution in [0.4, 0.5) is 0 Å². The first kappa shape index (κ1) is 24.2. The molecular weight excluding hydrogens is 340 g/mol. The van der Waals surface area contributed by atoms with Gasteiger partial charge in [0.25, 0.3) is 0 Å². The van der Waals surface area contributed by atoms with E-state index in [4.69, 9.17) is 4.74 Å². The highest BCUT2D eigenvalue weighted by molar-refractivity contribution is 5.69. The average molecular weight is 383 g/mol. The first-order chi connectivity index (χ1) is 13.1. The van der Waals surface area contributed by atoms with Gasteiger partial charge in [0, 0.05) is 12.3 Å². The molecule has 1 aliphatic rings. The van der Waals surface area contributed by atoms with Gasteiger partial charge in [-0.25, -0.2) is 0 Å². The maximum Gasteiger partial charge on any atom is 0.305 e. The van der Waals surface area contributed by atoms with Crippen molar-refractivity contribution in [3.8, 4) is 0 Å². The van der Waals surface area contributed by atoms with E-state index in [1.807, 2.05) is 6.92 Å². The quantitative estimate of drug-likeness (QED) is 0.229. The Kier molecular flexibility index (Phi) is 13.5. The lowest BCUT2D eigenvalue weighted by Crippen LogP contribution is -2.14. The molecule has 4 heteroatoms. The van der Waals surface area contributed by atoms with Crippen LogP contribution in [0.15, 0.2) is 11.6 Å². The number of unbranched alkanes of at least 4 members (excludes halogenated alkanes) is 5. The number of hydrogen-bond donors (Lipinski definition) is 2. The second kappa shape index (κ2) is 15.1. The third kappa shape index (κ3) is 10.9. The Balaban J connectivity index is 2.21. The van der Waals surface area contributed by atoms with E-state index in [1.165, 1.54) is 18.4 Å². The molecule has 27 heavy (non-hydrogen) atoms. The SMILES string of the molecule is CCCCCC(O)CC=C1CC[C@@H](O)[C@@H]1CCCCCCC(=O)OCCC. The van der Waals surface area contributed by atoms with Gasteiger partial charge in [-0.2, -0.15) is 0 Å². The van der Waals surface area contributed by atoms with E-state index in [9.17, 15) is 15.0 Å². The highest BCUT2D eigenvalue weighted by Crippen LogP contribution is 2.35. The van der Waals surface area contributed by atoms with Crippen molar-refractivity contribution in [2.24, 2.45) is 5.92 Å². The lowest BCUT2D eigenvalue weighted by Gasteiger charge is -2.17. The Bertz CT molecular complexity index is 419. The van der Waals surface area contributed by atoms with E-state index < -0.39 is 0 Å². The van der Waals surface area contributed by atoms with Gasteiger partial charge in [-0.1, -0.05) is 64.0 Å². The van der Waals surface area contributed by atoms with Crippen molar-refractivity contribution in [1.82, 2.24) is 0 Å². The minimum absolute atomic E-state index is 0.0780. The van der Waals surface area contributed by atoms with E-state index in [2.05, 4.69) is 13.0 Å². The molecule has 0 saturated heterocycles. The van der Waals surface area contributed by atoms with Crippen molar-refractivity contribution < 1.29 is 19.7 Å². The van der Waals surface area contributed by atoms with E-state index >= 15 is 0 Å². The molecule has 0 bridgehead atoms. The molecule has 1 rings (SSSR count). The van der Waals surface area contributed by atoms with Crippen LogP contribution in [0.5, 0.6) is 0 Å². The number of ether oxygens (including phenoxy) is 1. The van der Waals surface area contributed by atoms with Crippen LogP contribution < -0.4 is 0 Å². The fourth-order valence-corrected chi connectivity index (χ4v) is 3.89. The van der Waals surface area contributed by atoms with Crippen LogP contribution in [-0.2, 0) is 9.53 Å². The number of aliphatic hydroxyl groups is 2. The van der Waals surface area contributed by atoms with Gasteiger partial charge in [0.15, 0.2) is 0 Å². The molecule has 0 aromatic carbocycles. The topological polar surface area (TPSA) is 66.8 Å². The summed E-state index contributed by atoms with van der Waals surface area (Å²) in [6, 6.07) is 0. The Morgan fingerprint density at radius 3 is 2.67 bits per heavy atom. The number of rotatable bonds is 15. The zero-order valence-electron chi connectivity index (χ0n) is 17.6. The molecule has 4 nitrogen and oxygen atoms in total. The maximum absolute atomic E-state index is 11.5. The third-order valence-electron chi connectivity index (χ3n) is 5.58. The number of carbonyl (C=O) groups is 1. The summed E-state index contributed by atoms with van der Waals surface area (Å²) in [5, 5.41) is 20.4. The van der Waals surface area contributed by atoms with Gasteiger partial charge in [0.05, 0.1) is 18.8 Å². The summed E-state index contributed by atoms with van der Waals surface area (Å²) in [5.74, 6) is 0.188. The molecule has 0 heterocycles. The van der Waals surface area contributed by atoms with Gasteiger partial charge < -0.3 is 14.9 Å². The summed E-state index contributed by atoms with van der Waals surface area (Å²) in [7, 11) is 0. The highest BCUT2D eigenvalue weighted by Gasteiger charge is 2.29. The maximum atomic E-state index is 11.5. The molecule has 0 aromatic rings. The largest absolute Gasteiger partial charge is 0.466 e. The minimum atomic E-state index is -0.241. The van der Waals surface area contributed by atoms with Crippen molar-refractivity contribution >= 4 is 5.97 Å². The summed E-state index contributed by atoms with van der Waals surface area (Å²) in [6.45, 7) is 4.71. The van der Waals surface area contributed by atoms with Crippen LogP contribution in [0.1, 0.15) is 104 Å². The Morgan fingerprint density at radius 1 is 1.15 bits per heavy atom. The van der Waals surface area contributed by atoms with Crippen molar-refractivity contribution in [2.75, 3.05) is 6.61 Å². The van der Waals surface area contributed by atoms with E-state index in [-0.39, 0.29) is 24.1 Å². The lowest BCUT2D eigenvalue weighted by atomic mass is 9.92. The number of aliphatic hydroxyl groups excluding tert-OH is 2. The Labute approximate surface area is 166 Å². The van der Waals surface area contributed by atoms with Crippen molar-refractivity contribution in [3.05, 3.63) is 11.6 Å². The van der Waals surface area contributed by atoms with E-state index in [0.717, 1.165) is 70.6 Å². The standard InChI is InChI=1S/C23H42O4/c1-3-5-8-11-20(24)16-14-19-15-17-22(25)21(19)12-9-6-7-10-13-23(26)27-18-4-2/h14,20-22,24-25H,3-13,15-18H2,1-2H3/t20?,21-,22-/m1/s1. The van der Waals surface area contributed by atoms with Crippen LogP contribution in [0.25, 0.3) is 0 Å². The summed E-state index contributed by atoms with van der Waals surface area (Å²) >= 11 is 0. The molecule has 1 fully saturated rings. The van der Waals surface area contributed by atoms with Crippen LogP contribution in [0.3, 0.4) is 0 Å². The van der Waals surface area contributed by atoms with Gasteiger partial charge in [-0.3, -0.25) is 4.79 Å². The summed E-state index contributed by atoms with van der Waals surface area (Å²) in [4.78, 5) is 11.5. The van der Waals surface area contributed by atoms with Gasteiger partial charge >= 0.3 is 5.97 Å². The van der Waals surface area contributed by atoms with Crippen LogP contribution >= 0.6 is 0 Å². The second-order valence-corrected chi connectivity index (χ2v) is 8.05. The normalized spacial score (nSPS) is 22.3. The van der Waals surface area contributed by atoms with Gasteiger partial charge in [0.2, 0.25) is 0 Å². The Morgan fingerprint density at radius 2 is 1.93 bits per heavy atom. The Hall–Kier alpha value is -0.870. The molecule has 0 aromatic heterocycles. The minimum Gasteiger partial charge on any atom is -0.466 e. The van der Waals surface area contributed by atoms with E-state index in [0.29, 0.717) is 13.0 Å². The van der Waals surface area contributed by atoms with Crippen LogP contribution in [0, 0.1) is 5.92 Å². The molecule has 1 unspecified atom stereocenters. The summed E-state index contributed by atoms with van der Waals surface area (Å²) in [5.41, 5.74) is 1.35. The summed E-state index contributed by atoms with van der Waals surface area (Å²) < 4.78 is 5.08. The molecule has 2 N–H and O–H groups in total. The van der Waals surface area contributed by atoms with Crippen molar-refractivity contribution in [2.45, 2.75) is 116 Å². The zero-order chi connectivity index (χ0) is 19.9. The molecule has 158 valence electrons. The number of hydrogen-bond acceptors (Lipinski definition) is 4. The fraction of sp³-hybridized carbons (Fsp3) is 0.870. The van der Waals surface area contributed by atoms with Crippen LogP contribution in [-0.4, -0.2) is 35.0 Å². The average Bonchev–Trinajstić information content (AvgIpc) is 3.01. The molecule has 0 radical (unpaired) electrons. The predicted octanol–water partition coefficient (Wildman–Crippen LogP) is 5.31. The molecular formula is C23H42O4. The van der Waals surface area contributed by atoms with Crippen molar-refractivity contribution in [1.29, 1.82) is 0 Å². The molecule has 0 amide bonds. The summed E-state index contributed by atoms with van der Waals surface area (Å²) in [6.07, 6.45) is 15.1. The fourth-order valence-electron chi connectivity index (χ4n) is 3.89. The smallest absolute Gasteiger partial charge is 0.305 e. The lowest BCUT2D eigenvalue weighted by molar-refractivity contribution is -0.143. The first-order valence-electron chi connectivity index (χ1n) is 11.3. The van der Waals surface area contributed by atoms with Gasteiger partial charge in [-0.05, 0) is 44.9 Å². The van der Waals surface area contributed by atoms with Crippen LogP contribution in [0.2, 0.25) is 0 Å². The predicted molar refractivity (Wildman–Crippen MR) is 111 cm³/mol. The second-order valence-electron chi connectivity index (χ2n) is 8.05. The number of esters is 1. The zero-order valence-corrected chi connectivity index (χ0v) is 17.6. The number of carbonyl (C=O) groups excluding carboxylic acids is 1. The van der Waals surface area contributed by atoms with Gasteiger partial charge in [-0.15, -0.1) is 0 Å². The third-order valence-corrected chi connectivity index (χ3v) is 5.58. The molecule has 0 aliphatic heterocycles. The highest BCUT2D eigenvalue weighted by atomic mass is 16.5. The van der Waals surface area contributed by atoms with Crippen molar-refractivity contribution in [3.63, 3.8) is 0 Å².